The van der Waals surface area contributed by atoms with Crippen LogP contribution in [0, 0.1) is 13.8 Å². The van der Waals surface area contributed by atoms with Crippen LogP contribution in [0.5, 0.6) is 0 Å². The molecule has 1 aliphatic heterocycles. The van der Waals surface area contributed by atoms with Gasteiger partial charge >= 0.3 is 0 Å². The van der Waals surface area contributed by atoms with Crippen LogP contribution in [0.3, 0.4) is 0 Å². The molecule has 0 aliphatic carbocycles. The summed E-state index contributed by atoms with van der Waals surface area (Å²) in [6.07, 6.45) is 2.21. The normalized spacial score (nSPS) is 16.4. The fourth-order valence-corrected chi connectivity index (χ4v) is 3.52. The second kappa shape index (κ2) is 7.98. The van der Waals surface area contributed by atoms with Gasteiger partial charge in [0.05, 0.1) is 11.7 Å². The standard InChI is InChI=1S/C21H24N4O3/c1-14-11-18(21-24-23-20(28-21)16-7-4-3-5-8-16)15(2)25(14)13-19(26)22-12-17-9-6-10-27-17/h3-5,7-8,11,17H,6,9-10,12-13H2,1-2H3,(H,22,26). The number of carbonyl (C=O) groups excluding carboxylic acids is 1. The molecular formula is C21H24N4O3. The third kappa shape index (κ3) is 3.84. The van der Waals surface area contributed by atoms with Gasteiger partial charge in [0.2, 0.25) is 17.7 Å². The monoisotopic (exact) mass is 380 g/mol. The van der Waals surface area contributed by atoms with E-state index in [-0.39, 0.29) is 18.6 Å². The first kappa shape index (κ1) is 18.4. The molecule has 1 fully saturated rings. The Bertz CT molecular complexity index is 955. The van der Waals surface area contributed by atoms with Crippen molar-refractivity contribution < 1.29 is 13.9 Å². The van der Waals surface area contributed by atoms with Crippen LogP contribution in [0.1, 0.15) is 24.2 Å². The molecule has 0 radical (unpaired) electrons. The Kier molecular flexibility index (Phi) is 5.25. The van der Waals surface area contributed by atoms with Gasteiger partial charge in [0, 0.05) is 30.1 Å². The molecular weight excluding hydrogens is 356 g/mol. The fraction of sp³-hybridized carbons (Fsp3) is 0.381. The van der Waals surface area contributed by atoms with E-state index in [1.807, 2.05) is 54.8 Å². The number of aryl methyl sites for hydroxylation is 1. The van der Waals surface area contributed by atoms with Crippen LogP contribution in [-0.4, -0.2) is 39.9 Å². The van der Waals surface area contributed by atoms with E-state index in [0.717, 1.165) is 42.0 Å². The number of amides is 1. The van der Waals surface area contributed by atoms with Gasteiger partial charge < -0.3 is 19.0 Å². The molecule has 2 aromatic heterocycles. The van der Waals surface area contributed by atoms with Gasteiger partial charge in [-0.3, -0.25) is 4.79 Å². The molecule has 1 N–H and O–H groups in total. The average molecular weight is 380 g/mol. The van der Waals surface area contributed by atoms with Gasteiger partial charge in [-0.1, -0.05) is 18.2 Å². The van der Waals surface area contributed by atoms with E-state index in [0.29, 0.717) is 18.3 Å². The Morgan fingerprint density at radius 3 is 2.75 bits per heavy atom. The zero-order valence-electron chi connectivity index (χ0n) is 16.1. The van der Waals surface area contributed by atoms with Crippen molar-refractivity contribution in [1.29, 1.82) is 0 Å². The average Bonchev–Trinajstić information content (AvgIpc) is 3.45. The van der Waals surface area contributed by atoms with Gasteiger partial charge in [0.15, 0.2) is 0 Å². The van der Waals surface area contributed by atoms with E-state index in [1.165, 1.54) is 0 Å². The third-order valence-electron chi connectivity index (χ3n) is 5.10. The smallest absolute Gasteiger partial charge is 0.249 e. The van der Waals surface area contributed by atoms with Crippen LogP contribution in [0.4, 0.5) is 0 Å². The summed E-state index contributed by atoms with van der Waals surface area (Å²) in [5.74, 6) is 0.909. The number of ether oxygens (including phenoxy) is 1. The minimum absolute atomic E-state index is 0.0284. The second-order valence-electron chi connectivity index (χ2n) is 7.09. The molecule has 1 unspecified atom stereocenters. The highest BCUT2D eigenvalue weighted by Gasteiger charge is 2.20. The van der Waals surface area contributed by atoms with Crippen molar-refractivity contribution in [2.45, 2.75) is 39.3 Å². The lowest BCUT2D eigenvalue weighted by Crippen LogP contribution is -2.34. The van der Waals surface area contributed by atoms with E-state index >= 15 is 0 Å². The SMILES string of the molecule is Cc1cc(-c2nnc(-c3ccccc3)o2)c(C)n1CC(=O)NCC1CCCO1. The van der Waals surface area contributed by atoms with Crippen LogP contribution in [0.25, 0.3) is 22.9 Å². The summed E-state index contributed by atoms with van der Waals surface area (Å²) in [7, 11) is 0. The van der Waals surface area contributed by atoms with Crippen LogP contribution >= 0.6 is 0 Å². The maximum Gasteiger partial charge on any atom is 0.249 e. The molecule has 4 rings (SSSR count). The molecule has 3 heterocycles. The summed E-state index contributed by atoms with van der Waals surface area (Å²) in [5, 5.41) is 11.3. The lowest BCUT2D eigenvalue weighted by Gasteiger charge is -2.13. The Morgan fingerprint density at radius 1 is 1.21 bits per heavy atom. The summed E-state index contributed by atoms with van der Waals surface area (Å²) in [4.78, 5) is 12.4. The third-order valence-corrected chi connectivity index (χ3v) is 5.10. The zero-order valence-corrected chi connectivity index (χ0v) is 16.1. The highest BCUT2D eigenvalue weighted by Crippen LogP contribution is 2.28. The number of benzene rings is 1. The summed E-state index contributed by atoms with van der Waals surface area (Å²) >= 11 is 0. The second-order valence-corrected chi connectivity index (χ2v) is 7.09. The van der Waals surface area contributed by atoms with Crippen molar-refractivity contribution in [2.75, 3.05) is 13.2 Å². The Labute approximate surface area is 163 Å². The van der Waals surface area contributed by atoms with E-state index < -0.39 is 0 Å². The molecule has 1 atom stereocenters. The number of rotatable bonds is 6. The van der Waals surface area contributed by atoms with Gasteiger partial charge in [0.1, 0.15) is 6.54 Å². The number of nitrogens with zero attached hydrogens (tertiary/aromatic N) is 3. The molecule has 1 aromatic carbocycles. The van der Waals surface area contributed by atoms with Crippen molar-refractivity contribution >= 4 is 5.91 Å². The van der Waals surface area contributed by atoms with Gasteiger partial charge in [-0.25, -0.2) is 0 Å². The largest absolute Gasteiger partial charge is 0.416 e. The lowest BCUT2D eigenvalue weighted by atomic mass is 10.2. The maximum atomic E-state index is 12.4. The van der Waals surface area contributed by atoms with Crippen molar-refractivity contribution in [3.63, 3.8) is 0 Å². The van der Waals surface area contributed by atoms with E-state index in [1.54, 1.807) is 0 Å². The van der Waals surface area contributed by atoms with Crippen molar-refractivity contribution in [1.82, 2.24) is 20.1 Å². The quantitative estimate of drug-likeness (QED) is 0.710. The molecule has 1 saturated heterocycles. The highest BCUT2D eigenvalue weighted by molar-refractivity contribution is 5.76. The van der Waals surface area contributed by atoms with E-state index in [9.17, 15) is 4.79 Å². The number of nitrogens with one attached hydrogen (secondary N) is 1. The minimum atomic E-state index is -0.0284. The predicted molar refractivity (Wildman–Crippen MR) is 105 cm³/mol. The first-order valence-corrected chi connectivity index (χ1v) is 9.56. The zero-order chi connectivity index (χ0) is 19.5. The van der Waals surface area contributed by atoms with Gasteiger partial charge in [-0.2, -0.15) is 0 Å². The maximum absolute atomic E-state index is 12.4. The van der Waals surface area contributed by atoms with Gasteiger partial charge in [0.25, 0.3) is 0 Å². The first-order valence-electron chi connectivity index (χ1n) is 9.56. The van der Waals surface area contributed by atoms with Crippen LogP contribution < -0.4 is 5.32 Å². The van der Waals surface area contributed by atoms with Crippen LogP contribution in [0.2, 0.25) is 0 Å². The fourth-order valence-electron chi connectivity index (χ4n) is 3.52. The molecule has 0 spiro atoms. The van der Waals surface area contributed by atoms with Crippen molar-refractivity contribution in [3.8, 4) is 22.9 Å². The van der Waals surface area contributed by atoms with Crippen molar-refractivity contribution in [3.05, 3.63) is 47.8 Å². The molecule has 28 heavy (non-hydrogen) atoms. The topological polar surface area (TPSA) is 82.2 Å². The van der Waals surface area contributed by atoms with Gasteiger partial charge in [-0.15, -0.1) is 10.2 Å². The highest BCUT2D eigenvalue weighted by atomic mass is 16.5. The van der Waals surface area contributed by atoms with Gasteiger partial charge in [-0.05, 0) is 44.9 Å². The molecule has 3 aromatic rings. The van der Waals surface area contributed by atoms with Crippen molar-refractivity contribution in [2.24, 2.45) is 0 Å². The summed E-state index contributed by atoms with van der Waals surface area (Å²) in [5.41, 5.74) is 3.62. The summed E-state index contributed by atoms with van der Waals surface area (Å²) in [6, 6.07) is 11.6. The molecule has 1 amide bonds. The van der Waals surface area contributed by atoms with E-state index in [2.05, 4.69) is 15.5 Å². The lowest BCUT2D eigenvalue weighted by molar-refractivity contribution is -0.122. The Hall–Kier alpha value is -2.93. The molecule has 7 heteroatoms. The van der Waals surface area contributed by atoms with Crippen LogP contribution in [-0.2, 0) is 16.1 Å². The predicted octanol–water partition coefficient (Wildman–Crippen LogP) is 3.12. The summed E-state index contributed by atoms with van der Waals surface area (Å²) in [6.45, 7) is 5.54. The Balaban J connectivity index is 1.48. The minimum Gasteiger partial charge on any atom is -0.416 e. The molecule has 0 saturated carbocycles. The number of hydrogen-bond acceptors (Lipinski definition) is 5. The number of aromatic nitrogens is 3. The molecule has 0 bridgehead atoms. The molecule has 1 aliphatic rings. The molecule has 146 valence electrons. The number of hydrogen-bond donors (Lipinski definition) is 1. The Morgan fingerprint density at radius 2 is 2.00 bits per heavy atom. The first-order chi connectivity index (χ1) is 13.6. The molecule has 7 nitrogen and oxygen atoms in total. The summed E-state index contributed by atoms with van der Waals surface area (Å²) < 4.78 is 13.4. The van der Waals surface area contributed by atoms with Crippen LogP contribution in [0.15, 0.2) is 40.8 Å². The number of carbonyl (C=O) groups is 1. The van der Waals surface area contributed by atoms with E-state index in [4.69, 9.17) is 9.15 Å².